The molecule has 0 radical (unpaired) electrons. The first-order valence-corrected chi connectivity index (χ1v) is 12.8. The Morgan fingerprint density at radius 3 is 1.89 bits per heavy atom. The van der Waals surface area contributed by atoms with Gasteiger partial charge in [-0.2, -0.15) is 8.42 Å². The van der Waals surface area contributed by atoms with Gasteiger partial charge in [-0.25, -0.2) is 4.18 Å². The van der Waals surface area contributed by atoms with Crippen molar-refractivity contribution in [2.24, 2.45) is 4.99 Å². The molecule has 0 aromatic carbocycles. The van der Waals surface area contributed by atoms with Gasteiger partial charge in [-0.05, 0) is 6.42 Å². The average Bonchev–Trinajstić information content (AvgIpc) is 3.08. The Morgan fingerprint density at radius 1 is 0.893 bits per heavy atom. The second kappa shape index (κ2) is 16.2. The van der Waals surface area contributed by atoms with Crippen LogP contribution in [0.15, 0.2) is 4.99 Å². The minimum Gasteiger partial charge on any atom is -0.356 e. The third-order valence-corrected chi connectivity index (χ3v) is 5.84. The molecule has 7 heteroatoms. The number of hydrogen-bond donors (Lipinski definition) is 1. The number of amidine groups is 1. The molecule has 0 aromatic heterocycles. The molecule has 1 rings (SSSR count). The van der Waals surface area contributed by atoms with E-state index in [-0.39, 0.29) is 6.61 Å². The summed E-state index contributed by atoms with van der Waals surface area (Å²) in [5, 5.41) is 0. The molecule has 1 aliphatic heterocycles. The predicted molar refractivity (Wildman–Crippen MR) is 116 cm³/mol. The zero-order valence-electron chi connectivity index (χ0n) is 17.9. The highest BCUT2D eigenvalue weighted by Gasteiger charge is 2.17. The number of unbranched alkanes of at least 4 members (excludes halogenated alkanes) is 13. The van der Waals surface area contributed by atoms with Crippen LogP contribution in [-0.4, -0.2) is 49.9 Å². The smallest absolute Gasteiger partial charge is 0.356 e. The molecule has 0 saturated carbocycles. The highest BCUT2D eigenvalue weighted by molar-refractivity contribution is 7.80. The van der Waals surface area contributed by atoms with Crippen molar-refractivity contribution < 1.29 is 17.2 Å². The van der Waals surface area contributed by atoms with E-state index >= 15 is 0 Å². The van der Waals surface area contributed by atoms with Crippen LogP contribution >= 0.6 is 0 Å². The van der Waals surface area contributed by atoms with E-state index in [2.05, 4.69) is 21.0 Å². The molecule has 0 unspecified atom stereocenters. The summed E-state index contributed by atoms with van der Waals surface area (Å²) in [5.41, 5.74) is 0. The lowest BCUT2D eigenvalue weighted by Gasteiger charge is -2.19. The largest absolute Gasteiger partial charge is 0.397 e. The number of aliphatic imine (C=N–C) groups is 1. The minimum absolute atomic E-state index is 0.0312. The summed E-state index contributed by atoms with van der Waals surface area (Å²) in [7, 11) is -4.34. The lowest BCUT2D eigenvalue weighted by atomic mass is 10.0. The molecule has 1 heterocycles. The van der Waals surface area contributed by atoms with E-state index in [0.717, 1.165) is 31.8 Å². The van der Waals surface area contributed by atoms with Gasteiger partial charge in [0, 0.05) is 19.5 Å². The van der Waals surface area contributed by atoms with Crippen molar-refractivity contribution in [1.29, 1.82) is 0 Å². The summed E-state index contributed by atoms with van der Waals surface area (Å²) in [4.78, 5) is 6.57. The van der Waals surface area contributed by atoms with E-state index in [1.165, 1.54) is 83.5 Å². The van der Waals surface area contributed by atoms with Crippen LogP contribution in [0.25, 0.3) is 0 Å². The van der Waals surface area contributed by atoms with Crippen molar-refractivity contribution in [2.75, 3.05) is 26.2 Å². The number of hydrogen-bond acceptors (Lipinski definition) is 5. The fraction of sp³-hybridized carbons (Fsp3) is 0.952. The normalized spacial score (nSPS) is 14.6. The average molecular weight is 419 g/mol. The van der Waals surface area contributed by atoms with Crippen molar-refractivity contribution in [3.8, 4) is 0 Å². The van der Waals surface area contributed by atoms with Gasteiger partial charge in [0.15, 0.2) is 0 Å². The lowest BCUT2D eigenvalue weighted by molar-refractivity contribution is 0.244. The van der Waals surface area contributed by atoms with Crippen molar-refractivity contribution in [1.82, 2.24) is 4.90 Å². The van der Waals surface area contributed by atoms with Crippen LogP contribution in [0.1, 0.15) is 103 Å². The Hall–Kier alpha value is -0.660. The van der Waals surface area contributed by atoms with Gasteiger partial charge in [0.25, 0.3) is 0 Å². The summed E-state index contributed by atoms with van der Waals surface area (Å²) in [5.74, 6) is 1.05. The first-order valence-electron chi connectivity index (χ1n) is 11.4. The van der Waals surface area contributed by atoms with E-state index in [9.17, 15) is 8.42 Å². The number of nitrogens with zero attached hydrogens (tertiary/aromatic N) is 2. The quantitative estimate of drug-likeness (QED) is 0.225. The van der Waals surface area contributed by atoms with Gasteiger partial charge in [-0.15, -0.1) is 0 Å². The van der Waals surface area contributed by atoms with E-state index < -0.39 is 10.4 Å². The fourth-order valence-electron chi connectivity index (χ4n) is 3.74. The topological polar surface area (TPSA) is 79.2 Å². The lowest BCUT2D eigenvalue weighted by Crippen LogP contribution is -2.31. The van der Waals surface area contributed by atoms with E-state index in [0.29, 0.717) is 6.54 Å². The highest BCUT2D eigenvalue weighted by Crippen LogP contribution is 2.14. The van der Waals surface area contributed by atoms with Crippen molar-refractivity contribution in [3.63, 3.8) is 0 Å². The van der Waals surface area contributed by atoms with Gasteiger partial charge in [0.2, 0.25) is 0 Å². The summed E-state index contributed by atoms with van der Waals surface area (Å²) >= 11 is 0. The molecular formula is C21H42N2O4S. The third-order valence-electron chi connectivity index (χ3n) is 5.38. The van der Waals surface area contributed by atoms with Crippen LogP contribution in [-0.2, 0) is 14.6 Å². The molecule has 0 bridgehead atoms. The molecular weight excluding hydrogens is 376 g/mol. The maximum absolute atomic E-state index is 10.6. The standard InChI is InChI=1S/C21H42N2O4S/c1-2-3-4-5-6-7-8-9-10-11-12-13-14-15-16-21-22-17-18-23(21)19-20-27-28(24,25)26/h2-20H2,1H3,(H,24,25,26). The maximum Gasteiger partial charge on any atom is 0.397 e. The van der Waals surface area contributed by atoms with Gasteiger partial charge in [0.1, 0.15) is 0 Å². The van der Waals surface area contributed by atoms with E-state index in [1.54, 1.807) is 0 Å². The molecule has 0 saturated heterocycles. The molecule has 0 fully saturated rings. The molecule has 0 amide bonds. The van der Waals surface area contributed by atoms with Gasteiger partial charge in [-0.3, -0.25) is 9.55 Å². The van der Waals surface area contributed by atoms with Crippen LogP contribution in [0.2, 0.25) is 0 Å². The summed E-state index contributed by atoms with van der Waals surface area (Å²) in [6.07, 6.45) is 19.9. The van der Waals surface area contributed by atoms with Crippen LogP contribution in [0.3, 0.4) is 0 Å². The molecule has 166 valence electrons. The summed E-state index contributed by atoms with van der Waals surface area (Å²) in [6, 6.07) is 0. The molecule has 0 aromatic rings. The zero-order chi connectivity index (χ0) is 20.5. The molecule has 1 aliphatic rings. The van der Waals surface area contributed by atoms with Crippen molar-refractivity contribution in [2.45, 2.75) is 103 Å². The van der Waals surface area contributed by atoms with Crippen LogP contribution in [0.5, 0.6) is 0 Å². The monoisotopic (exact) mass is 418 g/mol. The Balaban J connectivity index is 1.89. The van der Waals surface area contributed by atoms with Crippen LogP contribution in [0, 0.1) is 0 Å². The van der Waals surface area contributed by atoms with Gasteiger partial charge >= 0.3 is 10.4 Å². The van der Waals surface area contributed by atoms with Crippen molar-refractivity contribution in [3.05, 3.63) is 0 Å². The summed E-state index contributed by atoms with van der Waals surface area (Å²) < 4.78 is 34.2. The summed E-state index contributed by atoms with van der Waals surface area (Å²) in [6.45, 7) is 4.26. The van der Waals surface area contributed by atoms with E-state index in [4.69, 9.17) is 4.55 Å². The highest BCUT2D eigenvalue weighted by atomic mass is 32.3. The fourth-order valence-corrected chi connectivity index (χ4v) is 4.02. The maximum atomic E-state index is 10.6. The SMILES string of the molecule is CCCCCCCCCCCCCCCCC1=NCCN1CCOS(=O)(=O)O. The third kappa shape index (κ3) is 14.4. The van der Waals surface area contributed by atoms with Gasteiger partial charge in [0.05, 0.1) is 19.0 Å². The molecule has 6 nitrogen and oxygen atoms in total. The van der Waals surface area contributed by atoms with Crippen LogP contribution in [0.4, 0.5) is 0 Å². The molecule has 1 N–H and O–H groups in total. The predicted octanol–water partition coefficient (Wildman–Crippen LogP) is 5.39. The molecule has 0 aliphatic carbocycles. The zero-order valence-corrected chi connectivity index (χ0v) is 18.7. The number of rotatable bonds is 19. The molecule has 0 atom stereocenters. The molecule has 28 heavy (non-hydrogen) atoms. The minimum atomic E-state index is -4.34. The Kier molecular flexibility index (Phi) is 14.7. The Labute approximate surface area is 173 Å². The first kappa shape index (κ1) is 25.4. The molecule has 0 spiro atoms. The Morgan fingerprint density at radius 2 is 1.39 bits per heavy atom. The second-order valence-corrected chi connectivity index (χ2v) is 8.97. The van der Waals surface area contributed by atoms with Gasteiger partial charge in [-0.1, -0.05) is 90.4 Å². The second-order valence-electron chi connectivity index (χ2n) is 7.88. The first-order chi connectivity index (χ1) is 13.5. The van der Waals surface area contributed by atoms with Crippen LogP contribution < -0.4 is 0 Å². The van der Waals surface area contributed by atoms with Gasteiger partial charge < -0.3 is 4.90 Å². The van der Waals surface area contributed by atoms with Crippen molar-refractivity contribution >= 4 is 16.2 Å². The van der Waals surface area contributed by atoms with E-state index in [1.807, 2.05) is 0 Å². The Bertz CT molecular complexity index is 509.